The molecule has 1 N–H and O–H groups in total. The van der Waals surface area contributed by atoms with E-state index in [9.17, 15) is 4.79 Å². The fourth-order valence-electron chi connectivity index (χ4n) is 4.28. The SMILES string of the molecule is CCn1c(SCC(=O)Nc2ccc(C(C)C)cc2)nnc1-c1cc(-c2ccccc2)nc2ccccc12. The van der Waals surface area contributed by atoms with Crippen molar-refractivity contribution >= 4 is 34.3 Å². The molecule has 186 valence electrons. The molecule has 0 atom stereocenters. The quantitative estimate of drug-likeness (QED) is 0.228. The highest BCUT2D eigenvalue weighted by Gasteiger charge is 2.18. The van der Waals surface area contributed by atoms with Crippen molar-refractivity contribution in [2.45, 2.75) is 38.4 Å². The third kappa shape index (κ3) is 5.42. The largest absolute Gasteiger partial charge is 0.325 e. The van der Waals surface area contributed by atoms with Crippen molar-refractivity contribution in [3.05, 3.63) is 90.5 Å². The van der Waals surface area contributed by atoms with Crippen LogP contribution < -0.4 is 5.32 Å². The van der Waals surface area contributed by atoms with Gasteiger partial charge in [-0.25, -0.2) is 4.98 Å². The molecule has 37 heavy (non-hydrogen) atoms. The lowest BCUT2D eigenvalue weighted by molar-refractivity contribution is -0.113. The third-order valence-corrected chi connectivity index (χ3v) is 7.22. The van der Waals surface area contributed by atoms with Crippen LogP contribution in [0.15, 0.2) is 90.1 Å². The van der Waals surface area contributed by atoms with Gasteiger partial charge in [-0.2, -0.15) is 0 Å². The lowest BCUT2D eigenvalue weighted by atomic mass is 10.0. The van der Waals surface area contributed by atoms with Gasteiger partial charge in [-0.15, -0.1) is 10.2 Å². The lowest BCUT2D eigenvalue weighted by Crippen LogP contribution is -2.14. The van der Waals surface area contributed by atoms with E-state index in [1.54, 1.807) is 0 Å². The molecule has 5 rings (SSSR count). The number of carbonyl (C=O) groups is 1. The van der Waals surface area contributed by atoms with Crippen LogP contribution in [0, 0.1) is 0 Å². The van der Waals surface area contributed by atoms with E-state index in [4.69, 9.17) is 4.98 Å². The minimum atomic E-state index is -0.0739. The van der Waals surface area contributed by atoms with Crippen molar-refractivity contribution in [3.8, 4) is 22.6 Å². The van der Waals surface area contributed by atoms with Crippen LogP contribution in [-0.4, -0.2) is 31.4 Å². The van der Waals surface area contributed by atoms with Crippen LogP contribution in [0.25, 0.3) is 33.5 Å². The molecule has 0 aliphatic rings. The molecule has 7 heteroatoms. The predicted molar refractivity (Wildman–Crippen MR) is 152 cm³/mol. The molecular formula is C30H29N5OS. The molecule has 1 amide bonds. The van der Waals surface area contributed by atoms with Gasteiger partial charge in [0.1, 0.15) is 0 Å². The molecule has 0 unspecified atom stereocenters. The van der Waals surface area contributed by atoms with E-state index in [1.807, 2.05) is 48.5 Å². The van der Waals surface area contributed by atoms with Gasteiger partial charge in [-0.3, -0.25) is 4.79 Å². The van der Waals surface area contributed by atoms with Crippen LogP contribution >= 0.6 is 11.8 Å². The summed E-state index contributed by atoms with van der Waals surface area (Å²) in [5.74, 6) is 1.40. The number of amides is 1. The monoisotopic (exact) mass is 507 g/mol. The van der Waals surface area contributed by atoms with Gasteiger partial charge in [0, 0.05) is 28.7 Å². The van der Waals surface area contributed by atoms with Crippen molar-refractivity contribution in [1.29, 1.82) is 0 Å². The Hall–Kier alpha value is -3.97. The summed E-state index contributed by atoms with van der Waals surface area (Å²) in [6.07, 6.45) is 0. The number of para-hydroxylation sites is 1. The number of nitrogens with one attached hydrogen (secondary N) is 1. The summed E-state index contributed by atoms with van der Waals surface area (Å²) in [5.41, 5.74) is 5.85. The summed E-state index contributed by atoms with van der Waals surface area (Å²) in [6.45, 7) is 7.05. The lowest BCUT2D eigenvalue weighted by Gasteiger charge is -2.12. The standard InChI is InChI=1S/C30H29N5OS/c1-4-35-29(25-18-27(22-10-6-5-7-11-22)32-26-13-9-8-12-24(25)26)33-34-30(35)37-19-28(36)31-23-16-14-21(15-17-23)20(2)3/h5-18,20H,4,19H2,1-3H3,(H,31,36). The highest BCUT2D eigenvalue weighted by atomic mass is 32.2. The van der Waals surface area contributed by atoms with Crippen molar-refractivity contribution in [2.75, 3.05) is 11.1 Å². The zero-order chi connectivity index (χ0) is 25.8. The molecule has 3 aromatic carbocycles. The van der Waals surface area contributed by atoms with Gasteiger partial charge in [0.2, 0.25) is 5.91 Å². The Kier molecular flexibility index (Phi) is 7.32. The van der Waals surface area contributed by atoms with E-state index in [-0.39, 0.29) is 11.7 Å². The second-order valence-corrected chi connectivity index (χ2v) is 10.0. The molecule has 0 aliphatic heterocycles. The summed E-state index contributed by atoms with van der Waals surface area (Å²) < 4.78 is 2.06. The van der Waals surface area contributed by atoms with Crippen LogP contribution in [0.5, 0.6) is 0 Å². The molecule has 0 bridgehead atoms. The van der Waals surface area contributed by atoms with E-state index in [0.717, 1.165) is 39.2 Å². The normalized spacial score (nSPS) is 11.2. The second kappa shape index (κ2) is 11.0. The van der Waals surface area contributed by atoms with Crippen molar-refractivity contribution in [2.24, 2.45) is 0 Å². The van der Waals surface area contributed by atoms with E-state index in [0.29, 0.717) is 17.6 Å². The first-order chi connectivity index (χ1) is 18.0. The molecule has 0 aliphatic carbocycles. The Morgan fingerprint density at radius 3 is 2.41 bits per heavy atom. The van der Waals surface area contributed by atoms with Crippen LogP contribution in [-0.2, 0) is 11.3 Å². The maximum atomic E-state index is 12.7. The number of nitrogens with zero attached hydrogens (tertiary/aromatic N) is 4. The van der Waals surface area contributed by atoms with Gasteiger partial charge in [0.05, 0.1) is 17.0 Å². The van der Waals surface area contributed by atoms with E-state index in [2.05, 4.69) is 77.3 Å². The van der Waals surface area contributed by atoms with Crippen molar-refractivity contribution < 1.29 is 4.79 Å². The molecule has 0 radical (unpaired) electrons. The third-order valence-electron chi connectivity index (χ3n) is 6.25. The second-order valence-electron chi connectivity index (χ2n) is 9.10. The summed E-state index contributed by atoms with van der Waals surface area (Å²) in [5, 5.41) is 13.7. The van der Waals surface area contributed by atoms with E-state index < -0.39 is 0 Å². The summed E-state index contributed by atoms with van der Waals surface area (Å²) in [4.78, 5) is 17.6. The van der Waals surface area contributed by atoms with Gasteiger partial charge in [-0.05, 0) is 42.7 Å². The average Bonchev–Trinajstić information content (AvgIpc) is 3.35. The first kappa shape index (κ1) is 24.7. The number of aromatic nitrogens is 4. The van der Waals surface area contributed by atoms with Gasteiger partial charge in [-0.1, -0.05) is 86.3 Å². The maximum absolute atomic E-state index is 12.7. The van der Waals surface area contributed by atoms with Crippen LogP contribution in [0.2, 0.25) is 0 Å². The number of benzene rings is 3. The number of hydrogen-bond donors (Lipinski definition) is 1. The van der Waals surface area contributed by atoms with Gasteiger partial charge in [0.25, 0.3) is 0 Å². The maximum Gasteiger partial charge on any atom is 0.234 e. The van der Waals surface area contributed by atoms with Crippen LogP contribution in [0.1, 0.15) is 32.3 Å². The first-order valence-electron chi connectivity index (χ1n) is 12.4. The summed E-state index contributed by atoms with van der Waals surface area (Å²) in [6, 6.07) is 28.3. The zero-order valence-electron chi connectivity index (χ0n) is 21.2. The molecule has 0 saturated heterocycles. The van der Waals surface area contributed by atoms with Crippen LogP contribution in [0.4, 0.5) is 5.69 Å². The van der Waals surface area contributed by atoms with Crippen LogP contribution in [0.3, 0.4) is 0 Å². The molecule has 0 fully saturated rings. The number of hydrogen-bond acceptors (Lipinski definition) is 5. The predicted octanol–water partition coefficient (Wildman–Crippen LogP) is 7.03. The number of rotatable bonds is 8. The average molecular weight is 508 g/mol. The Bertz CT molecular complexity index is 1530. The fourth-order valence-corrected chi connectivity index (χ4v) is 5.08. The zero-order valence-corrected chi connectivity index (χ0v) is 22.0. The fraction of sp³-hybridized carbons (Fsp3) is 0.200. The highest BCUT2D eigenvalue weighted by molar-refractivity contribution is 7.99. The Balaban J connectivity index is 1.40. The minimum absolute atomic E-state index is 0.0739. The smallest absolute Gasteiger partial charge is 0.234 e. The van der Waals surface area contributed by atoms with Crippen molar-refractivity contribution in [1.82, 2.24) is 19.7 Å². The number of thioether (sulfide) groups is 1. The van der Waals surface area contributed by atoms with Gasteiger partial charge in [0.15, 0.2) is 11.0 Å². The minimum Gasteiger partial charge on any atom is -0.325 e. The Labute approximate surface area is 221 Å². The summed E-state index contributed by atoms with van der Waals surface area (Å²) in [7, 11) is 0. The molecule has 5 aromatic rings. The molecule has 2 heterocycles. The van der Waals surface area contributed by atoms with E-state index >= 15 is 0 Å². The van der Waals surface area contributed by atoms with Gasteiger partial charge >= 0.3 is 0 Å². The Morgan fingerprint density at radius 2 is 1.68 bits per heavy atom. The number of anilines is 1. The number of carbonyl (C=O) groups excluding carboxylic acids is 1. The van der Waals surface area contributed by atoms with E-state index in [1.165, 1.54) is 17.3 Å². The molecule has 0 spiro atoms. The van der Waals surface area contributed by atoms with Gasteiger partial charge < -0.3 is 9.88 Å². The molecular weight excluding hydrogens is 478 g/mol. The number of pyridine rings is 1. The summed E-state index contributed by atoms with van der Waals surface area (Å²) >= 11 is 1.39. The molecule has 2 aromatic heterocycles. The Morgan fingerprint density at radius 1 is 0.946 bits per heavy atom. The number of fused-ring (bicyclic) bond motifs is 1. The topological polar surface area (TPSA) is 72.7 Å². The molecule has 6 nitrogen and oxygen atoms in total. The highest BCUT2D eigenvalue weighted by Crippen LogP contribution is 2.33. The molecule has 0 saturated carbocycles. The first-order valence-corrected chi connectivity index (χ1v) is 13.4. The van der Waals surface area contributed by atoms with Crippen molar-refractivity contribution in [3.63, 3.8) is 0 Å².